The summed E-state index contributed by atoms with van der Waals surface area (Å²) >= 11 is 0. The van der Waals surface area contributed by atoms with Gasteiger partial charge in [0.25, 0.3) is 0 Å². The van der Waals surface area contributed by atoms with Gasteiger partial charge in [0, 0.05) is 52.2 Å². The number of carbonyl (C=O) groups excluding carboxylic acids is 1. The van der Waals surface area contributed by atoms with Crippen LogP contribution in [0, 0.1) is 23.7 Å². The van der Waals surface area contributed by atoms with Gasteiger partial charge in [0.1, 0.15) is 42.0 Å². The van der Waals surface area contributed by atoms with Crippen LogP contribution in [-0.4, -0.2) is 144 Å². The molecule has 18 heteroatoms. The van der Waals surface area contributed by atoms with Crippen LogP contribution < -0.4 is 0 Å². The summed E-state index contributed by atoms with van der Waals surface area (Å²) in [5.74, 6) is -2.27. The van der Waals surface area contributed by atoms with Crippen molar-refractivity contribution in [2.45, 2.75) is 204 Å². The van der Waals surface area contributed by atoms with Crippen LogP contribution in [0.4, 0.5) is 0 Å². The highest BCUT2D eigenvalue weighted by atomic mass is 31.2. The molecule has 0 radical (unpaired) electrons. The molecule has 1 spiro atoms. The second-order valence-electron chi connectivity index (χ2n) is 19.9. The molecule has 2 bridgehead atoms. The quantitative estimate of drug-likeness (QED) is 0.117. The second kappa shape index (κ2) is 21.2. The first-order chi connectivity index (χ1) is 31.2. The highest BCUT2D eigenvalue weighted by molar-refractivity contribution is 7.46. The number of rotatable bonds is 10. The molecule has 0 aromatic heterocycles. The summed E-state index contributed by atoms with van der Waals surface area (Å²) in [5, 5.41) is 23.8. The van der Waals surface area contributed by atoms with E-state index < -0.39 is 105 Å². The fraction of sp³-hybridized carbons (Fsp3) is 0.812. The second-order valence-corrected chi connectivity index (χ2v) is 21.1. The summed E-state index contributed by atoms with van der Waals surface area (Å²) in [6.45, 7) is 15.9. The van der Waals surface area contributed by atoms with E-state index >= 15 is 0 Å². The lowest BCUT2D eigenvalue weighted by molar-refractivity contribution is -0.340. The number of phosphoric acid groups is 1. The Morgan fingerprint density at radius 1 is 0.924 bits per heavy atom. The number of hydrogen-bond donors (Lipinski definition) is 4. The van der Waals surface area contributed by atoms with Crippen molar-refractivity contribution in [3.8, 4) is 0 Å². The molecule has 5 saturated heterocycles. The molecule has 6 heterocycles. The molecular weight excluding hydrogens is 879 g/mol. The number of carbonyl (C=O) groups is 1. The topological polar surface area (TPSA) is 217 Å². The van der Waals surface area contributed by atoms with Crippen LogP contribution in [0.5, 0.6) is 0 Å². The molecule has 0 aromatic rings. The minimum Gasteiger partial charge on any atom is -0.462 e. The summed E-state index contributed by atoms with van der Waals surface area (Å²) < 4.78 is 80.6. The normalized spacial score (nSPS) is 47.4. The Hall–Kier alpha value is -1.90. The molecule has 1 aliphatic carbocycles. The zero-order valence-corrected chi connectivity index (χ0v) is 41.1. The summed E-state index contributed by atoms with van der Waals surface area (Å²) in [4.78, 5) is 33.4. The number of phosphoric ester groups is 1. The summed E-state index contributed by atoms with van der Waals surface area (Å²) in [6.07, 6.45) is 4.31. The van der Waals surface area contributed by atoms with Crippen molar-refractivity contribution in [1.29, 1.82) is 0 Å². The van der Waals surface area contributed by atoms with Gasteiger partial charge in [-0.25, -0.2) is 4.57 Å². The maximum Gasteiger partial charge on any atom is 0.470 e. The van der Waals surface area contributed by atoms with Crippen molar-refractivity contribution in [1.82, 2.24) is 0 Å². The minimum atomic E-state index is -4.81. The van der Waals surface area contributed by atoms with E-state index in [0.29, 0.717) is 55.1 Å². The molecule has 5 fully saturated rings. The summed E-state index contributed by atoms with van der Waals surface area (Å²) in [6, 6.07) is 0. The van der Waals surface area contributed by atoms with E-state index in [9.17, 15) is 29.4 Å². The number of allylic oxidation sites excluding steroid dienone is 2. The maximum atomic E-state index is 14.4. The van der Waals surface area contributed by atoms with Crippen molar-refractivity contribution in [2.75, 3.05) is 20.8 Å². The number of esters is 1. The Morgan fingerprint density at radius 2 is 1.59 bits per heavy atom. The fourth-order valence-corrected chi connectivity index (χ4v) is 11.9. The van der Waals surface area contributed by atoms with Crippen molar-refractivity contribution >= 4 is 13.8 Å². The number of aliphatic hydroxyl groups is 2. The van der Waals surface area contributed by atoms with Gasteiger partial charge in [0.2, 0.25) is 0 Å². The molecule has 7 rings (SSSR count). The molecule has 6 aliphatic heterocycles. The first kappa shape index (κ1) is 51.9. The number of methoxy groups -OCH3 is 2. The van der Waals surface area contributed by atoms with E-state index in [1.54, 1.807) is 33.1 Å². The molecule has 66 heavy (non-hydrogen) atoms. The zero-order valence-electron chi connectivity index (χ0n) is 40.2. The van der Waals surface area contributed by atoms with Gasteiger partial charge < -0.3 is 67.4 Å². The molecule has 0 amide bonds. The van der Waals surface area contributed by atoms with Crippen molar-refractivity contribution in [2.24, 2.45) is 23.7 Å². The fourth-order valence-electron chi connectivity index (χ4n) is 11.3. The monoisotopic (exact) mass is 954 g/mol. The van der Waals surface area contributed by atoms with E-state index in [-0.39, 0.29) is 31.2 Å². The zero-order chi connectivity index (χ0) is 47.9. The SMILES string of the molecule is CC[C@H](C)[C@H]1O[C@]2(CC[C@@H]1C)C[C@@H]1C[C@@H](C/C=C(\C)[C@@H](O[C@H]3C[C@H](OC)[C@@H](O[C@H]4C[C@H](OC)[C@@H](OP(=O)(O)O)[C@H](C)O4)[C@H](C)O3)[C@@H](C)/C=C/C=C3\CO[C@@H]4[C@H](O)C(C)=C[C@@H](C(=O)O1)[C@]34O)O2. The molecule has 7 aliphatic rings. The van der Waals surface area contributed by atoms with E-state index in [4.69, 9.17) is 51.9 Å². The summed E-state index contributed by atoms with van der Waals surface area (Å²) in [7, 11) is -1.77. The smallest absolute Gasteiger partial charge is 0.462 e. The van der Waals surface area contributed by atoms with Crippen molar-refractivity contribution < 1.29 is 81.3 Å². The van der Waals surface area contributed by atoms with Gasteiger partial charge in [-0.1, -0.05) is 64.5 Å². The lowest BCUT2D eigenvalue weighted by atomic mass is 9.71. The van der Waals surface area contributed by atoms with E-state index in [0.717, 1.165) is 18.4 Å². The Bertz CT molecular complexity index is 1860. The number of fused-ring (bicyclic) bond motifs is 2. The highest BCUT2D eigenvalue weighted by Gasteiger charge is 2.60. The average Bonchev–Trinajstić information content (AvgIpc) is 3.60. The van der Waals surface area contributed by atoms with Crippen LogP contribution in [0.15, 0.2) is 47.1 Å². The molecule has 17 nitrogen and oxygen atoms in total. The minimum absolute atomic E-state index is 0.0142. The molecule has 374 valence electrons. The summed E-state index contributed by atoms with van der Waals surface area (Å²) in [5.41, 5.74) is 0.0693. The first-order valence-corrected chi connectivity index (χ1v) is 25.4. The third-order valence-electron chi connectivity index (χ3n) is 15.2. The Labute approximate surface area is 389 Å². The molecule has 0 aromatic carbocycles. The van der Waals surface area contributed by atoms with Gasteiger partial charge in [0.15, 0.2) is 18.4 Å². The Morgan fingerprint density at radius 3 is 2.26 bits per heavy atom. The van der Waals surface area contributed by atoms with Crippen LogP contribution >= 0.6 is 7.82 Å². The molecule has 4 N–H and O–H groups in total. The standard InChI is InChI=1S/C48H75O17P/c1-11-25(2)42-28(5)17-18-47(64-42)23-34-20-33(63-47)16-15-27(4)41(26(3)13-12-14-32-24-57-45-40(49)29(6)19-35(46(50)60-34)48(32,45)51)61-38-21-36(55-9)43(30(7)58-38)62-39-22-37(56-10)44(31(8)59-39)65-66(52,53)54/h12-15,19,25-26,28,30-31,33-45,49,51H,11,16-18,20-24H2,1-10H3,(H2,52,53,54)/b13-12+,27-15+,32-14+/t25-,26-,28-,30-,31-,33+,34-,35-,36-,37-,38-,39-,40+,41-,42+,43-,44-,45+,47+,48+/m0/s1. The van der Waals surface area contributed by atoms with Gasteiger partial charge in [0.05, 0.1) is 49.3 Å². The highest BCUT2D eigenvalue weighted by Crippen LogP contribution is 2.48. The lowest BCUT2D eigenvalue weighted by Gasteiger charge is -2.51. The largest absolute Gasteiger partial charge is 0.470 e. The Kier molecular flexibility index (Phi) is 16.7. The molecular formula is C48H75O17P. The number of hydrogen-bond acceptors (Lipinski definition) is 15. The van der Waals surface area contributed by atoms with Gasteiger partial charge >= 0.3 is 13.8 Å². The third-order valence-corrected chi connectivity index (χ3v) is 15.7. The van der Waals surface area contributed by atoms with Crippen LogP contribution in [0.3, 0.4) is 0 Å². The Balaban J connectivity index is 1.15. The number of aliphatic hydroxyl groups excluding tert-OH is 1. The van der Waals surface area contributed by atoms with Gasteiger partial charge in [-0.3, -0.25) is 9.32 Å². The average molecular weight is 955 g/mol. The molecule has 20 atom stereocenters. The van der Waals surface area contributed by atoms with Crippen LogP contribution in [0.2, 0.25) is 0 Å². The van der Waals surface area contributed by atoms with Crippen LogP contribution in [0.1, 0.15) is 107 Å². The van der Waals surface area contributed by atoms with Gasteiger partial charge in [-0.15, -0.1) is 0 Å². The van der Waals surface area contributed by atoms with E-state index in [2.05, 4.69) is 26.8 Å². The van der Waals surface area contributed by atoms with Crippen molar-refractivity contribution in [3.05, 3.63) is 47.1 Å². The van der Waals surface area contributed by atoms with E-state index in [1.807, 2.05) is 32.9 Å². The van der Waals surface area contributed by atoms with Crippen molar-refractivity contribution in [3.63, 3.8) is 0 Å². The lowest BCUT2D eigenvalue weighted by Crippen LogP contribution is -2.58. The number of ether oxygens (including phenoxy) is 10. The van der Waals surface area contributed by atoms with Crippen LogP contribution in [0.25, 0.3) is 0 Å². The first-order valence-electron chi connectivity index (χ1n) is 23.9. The predicted molar refractivity (Wildman–Crippen MR) is 238 cm³/mol. The van der Waals surface area contributed by atoms with Gasteiger partial charge in [-0.05, 0) is 69.1 Å². The molecule has 0 unspecified atom stereocenters. The third kappa shape index (κ3) is 11.2. The molecule has 0 saturated carbocycles. The maximum absolute atomic E-state index is 14.4. The van der Waals surface area contributed by atoms with Gasteiger partial charge in [-0.2, -0.15) is 0 Å². The van der Waals surface area contributed by atoms with Crippen LogP contribution in [-0.2, 0) is 61.3 Å². The van der Waals surface area contributed by atoms with E-state index in [1.165, 1.54) is 7.11 Å². The predicted octanol–water partition coefficient (Wildman–Crippen LogP) is 5.72.